The van der Waals surface area contributed by atoms with Crippen molar-refractivity contribution >= 4 is 27.1 Å². The molecule has 0 aliphatic rings. The van der Waals surface area contributed by atoms with E-state index in [2.05, 4.69) is 56.6 Å². The SMILES string of the molecule is CC(C)(C)CN(CCO)Cc1nc2ncc(Br)cc2[nH]1. The fourth-order valence-corrected chi connectivity index (χ4v) is 2.57. The first-order valence-corrected chi connectivity index (χ1v) is 7.50. The number of hydrogen-bond donors (Lipinski definition) is 2. The summed E-state index contributed by atoms with van der Waals surface area (Å²) in [5.74, 6) is 0.878. The minimum absolute atomic E-state index is 0.153. The maximum atomic E-state index is 9.20. The molecule has 0 bridgehead atoms. The van der Waals surface area contributed by atoms with Gasteiger partial charge in [0.15, 0.2) is 5.65 Å². The van der Waals surface area contributed by atoms with Gasteiger partial charge >= 0.3 is 0 Å². The van der Waals surface area contributed by atoms with Gasteiger partial charge < -0.3 is 10.1 Å². The molecule has 0 aliphatic carbocycles. The van der Waals surface area contributed by atoms with Crippen LogP contribution in [0.5, 0.6) is 0 Å². The Morgan fingerprint density at radius 2 is 2.15 bits per heavy atom. The van der Waals surface area contributed by atoms with E-state index in [-0.39, 0.29) is 12.0 Å². The van der Waals surface area contributed by atoms with Crippen LogP contribution in [0, 0.1) is 5.41 Å². The molecule has 2 rings (SSSR count). The molecule has 0 saturated heterocycles. The van der Waals surface area contributed by atoms with E-state index in [4.69, 9.17) is 0 Å². The number of rotatable bonds is 5. The summed E-state index contributed by atoms with van der Waals surface area (Å²) in [6.45, 7) is 8.96. The minimum atomic E-state index is 0.153. The number of aliphatic hydroxyl groups excluding tert-OH is 1. The second-order valence-corrected chi connectivity index (χ2v) is 7.12. The molecule has 2 heterocycles. The van der Waals surface area contributed by atoms with Crippen LogP contribution in [-0.4, -0.2) is 44.7 Å². The molecule has 110 valence electrons. The van der Waals surface area contributed by atoms with Crippen molar-refractivity contribution in [3.63, 3.8) is 0 Å². The fraction of sp³-hybridized carbons (Fsp3) is 0.571. The highest BCUT2D eigenvalue weighted by molar-refractivity contribution is 9.10. The van der Waals surface area contributed by atoms with Crippen molar-refractivity contribution < 1.29 is 5.11 Å². The van der Waals surface area contributed by atoms with Gasteiger partial charge in [0, 0.05) is 23.8 Å². The first kappa shape index (κ1) is 15.4. The van der Waals surface area contributed by atoms with E-state index in [1.165, 1.54) is 0 Å². The number of nitrogens with zero attached hydrogens (tertiary/aromatic N) is 3. The van der Waals surface area contributed by atoms with Gasteiger partial charge in [-0.3, -0.25) is 4.90 Å². The van der Waals surface area contributed by atoms with Crippen molar-refractivity contribution in [3.05, 3.63) is 22.6 Å². The second-order valence-electron chi connectivity index (χ2n) is 6.20. The van der Waals surface area contributed by atoms with Gasteiger partial charge in [0.2, 0.25) is 0 Å². The molecule has 0 radical (unpaired) electrons. The van der Waals surface area contributed by atoms with E-state index in [0.29, 0.717) is 13.1 Å². The molecule has 5 nitrogen and oxygen atoms in total. The summed E-state index contributed by atoms with van der Waals surface area (Å²) in [4.78, 5) is 14.3. The Labute approximate surface area is 127 Å². The molecule has 0 unspecified atom stereocenters. The molecular weight excluding hydrogens is 320 g/mol. The largest absolute Gasteiger partial charge is 0.395 e. The number of pyridine rings is 1. The highest BCUT2D eigenvalue weighted by atomic mass is 79.9. The number of hydrogen-bond acceptors (Lipinski definition) is 4. The third-order valence-electron chi connectivity index (χ3n) is 2.84. The monoisotopic (exact) mass is 340 g/mol. The maximum absolute atomic E-state index is 9.20. The maximum Gasteiger partial charge on any atom is 0.177 e. The Balaban J connectivity index is 2.15. The third-order valence-corrected chi connectivity index (χ3v) is 3.27. The number of aliphatic hydroxyl groups is 1. The van der Waals surface area contributed by atoms with Gasteiger partial charge in [-0.25, -0.2) is 9.97 Å². The Bertz CT molecular complexity index is 576. The van der Waals surface area contributed by atoms with E-state index >= 15 is 0 Å². The van der Waals surface area contributed by atoms with Crippen molar-refractivity contribution in [2.45, 2.75) is 27.3 Å². The number of aromatic amines is 1. The number of imidazole rings is 1. The summed E-state index contributed by atoms with van der Waals surface area (Å²) in [5.41, 5.74) is 1.83. The lowest BCUT2D eigenvalue weighted by molar-refractivity contribution is 0.144. The lowest BCUT2D eigenvalue weighted by Crippen LogP contribution is -2.34. The topological polar surface area (TPSA) is 65.0 Å². The van der Waals surface area contributed by atoms with Crippen LogP contribution in [0.3, 0.4) is 0 Å². The zero-order valence-electron chi connectivity index (χ0n) is 12.1. The Morgan fingerprint density at radius 1 is 1.40 bits per heavy atom. The predicted octanol–water partition coefficient (Wildman–Crippen LogP) is 2.56. The van der Waals surface area contributed by atoms with Gasteiger partial charge in [-0.05, 0) is 27.4 Å². The van der Waals surface area contributed by atoms with Crippen LogP contribution < -0.4 is 0 Å². The summed E-state index contributed by atoms with van der Waals surface area (Å²) < 4.78 is 0.933. The van der Waals surface area contributed by atoms with Gasteiger partial charge in [-0.1, -0.05) is 20.8 Å². The van der Waals surface area contributed by atoms with Gasteiger partial charge in [-0.15, -0.1) is 0 Å². The van der Waals surface area contributed by atoms with Crippen molar-refractivity contribution in [2.75, 3.05) is 19.7 Å². The molecule has 20 heavy (non-hydrogen) atoms. The first-order chi connectivity index (χ1) is 9.37. The molecular formula is C14H21BrN4O. The van der Waals surface area contributed by atoms with Crippen molar-refractivity contribution in [2.24, 2.45) is 5.41 Å². The summed E-state index contributed by atoms with van der Waals surface area (Å²) in [6, 6.07) is 1.97. The lowest BCUT2D eigenvalue weighted by Gasteiger charge is -2.28. The molecule has 0 fully saturated rings. The van der Waals surface area contributed by atoms with Gasteiger partial charge in [0.05, 0.1) is 18.7 Å². The normalized spacial score (nSPS) is 12.5. The standard InChI is InChI=1S/C14H21BrN4O/c1-14(2,3)9-19(4-5-20)8-12-17-11-6-10(15)7-16-13(11)18-12/h6-7,20H,4-5,8-9H2,1-3H3,(H,16,17,18). The van der Waals surface area contributed by atoms with Gasteiger partial charge in [0.1, 0.15) is 5.82 Å². The molecule has 6 heteroatoms. The molecule has 0 saturated carbocycles. The molecule has 0 aliphatic heterocycles. The smallest absolute Gasteiger partial charge is 0.177 e. The van der Waals surface area contributed by atoms with E-state index in [1.54, 1.807) is 6.20 Å². The highest BCUT2D eigenvalue weighted by Crippen LogP contribution is 2.18. The molecule has 2 aromatic heterocycles. The van der Waals surface area contributed by atoms with Crippen LogP contribution in [0.1, 0.15) is 26.6 Å². The van der Waals surface area contributed by atoms with Gasteiger partial charge in [-0.2, -0.15) is 0 Å². The van der Waals surface area contributed by atoms with Crippen molar-refractivity contribution in [1.82, 2.24) is 19.9 Å². The van der Waals surface area contributed by atoms with E-state index in [9.17, 15) is 5.11 Å². The number of halogens is 1. The van der Waals surface area contributed by atoms with E-state index < -0.39 is 0 Å². The summed E-state index contributed by atoms with van der Waals surface area (Å²) in [5, 5.41) is 9.20. The van der Waals surface area contributed by atoms with E-state index in [1.807, 2.05) is 6.07 Å². The molecule has 0 spiro atoms. The van der Waals surface area contributed by atoms with Gasteiger partial charge in [0.25, 0.3) is 0 Å². The van der Waals surface area contributed by atoms with Crippen LogP contribution in [0.15, 0.2) is 16.7 Å². The molecule has 0 atom stereocenters. The lowest BCUT2D eigenvalue weighted by atomic mass is 9.96. The Kier molecular flexibility index (Phi) is 4.78. The van der Waals surface area contributed by atoms with Crippen molar-refractivity contribution in [3.8, 4) is 0 Å². The van der Waals surface area contributed by atoms with E-state index in [0.717, 1.165) is 28.0 Å². The summed E-state index contributed by atoms with van der Waals surface area (Å²) in [7, 11) is 0. The zero-order chi connectivity index (χ0) is 14.8. The number of H-pyrrole nitrogens is 1. The van der Waals surface area contributed by atoms with Crippen molar-refractivity contribution in [1.29, 1.82) is 0 Å². The highest BCUT2D eigenvalue weighted by Gasteiger charge is 2.17. The molecule has 2 N–H and O–H groups in total. The Hall–Kier alpha value is -0.980. The average molecular weight is 341 g/mol. The quantitative estimate of drug-likeness (QED) is 0.877. The Morgan fingerprint density at radius 3 is 2.80 bits per heavy atom. The first-order valence-electron chi connectivity index (χ1n) is 6.71. The molecule has 0 aromatic carbocycles. The number of nitrogens with one attached hydrogen (secondary N) is 1. The van der Waals surface area contributed by atoms with Crippen LogP contribution in [0.4, 0.5) is 0 Å². The summed E-state index contributed by atoms with van der Waals surface area (Å²) in [6.07, 6.45) is 1.74. The number of aromatic nitrogens is 3. The van der Waals surface area contributed by atoms with Crippen LogP contribution in [0.25, 0.3) is 11.2 Å². The minimum Gasteiger partial charge on any atom is -0.395 e. The summed E-state index contributed by atoms with van der Waals surface area (Å²) >= 11 is 3.40. The van der Waals surface area contributed by atoms with Crippen LogP contribution in [0.2, 0.25) is 0 Å². The second kappa shape index (κ2) is 6.20. The average Bonchev–Trinajstić information content (AvgIpc) is 2.68. The van der Waals surface area contributed by atoms with Crippen LogP contribution >= 0.6 is 15.9 Å². The molecule has 0 amide bonds. The van der Waals surface area contributed by atoms with Crippen LogP contribution in [-0.2, 0) is 6.54 Å². The predicted molar refractivity (Wildman–Crippen MR) is 83.4 cm³/mol. The third kappa shape index (κ3) is 4.26. The number of fused-ring (bicyclic) bond motifs is 1. The fourth-order valence-electron chi connectivity index (χ4n) is 2.24. The molecule has 2 aromatic rings. The zero-order valence-corrected chi connectivity index (χ0v) is 13.7.